The number of hydrogen-bond donors (Lipinski definition) is 0. The Hall–Kier alpha value is -2.86. The molecule has 3 aromatic rings. The van der Waals surface area contributed by atoms with Crippen LogP contribution in [0.3, 0.4) is 0 Å². The molecule has 5 nitrogen and oxygen atoms in total. The molecule has 6 heteroatoms. The zero-order chi connectivity index (χ0) is 18.1. The summed E-state index contributed by atoms with van der Waals surface area (Å²) in [5.74, 6) is 0.526. The van der Waals surface area contributed by atoms with E-state index in [-0.39, 0.29) is 11.6 Å². The van der Waals surface area contributed by atoms with Gasteiger partial charge in [-0.15, -0.1) is 0 Å². The first kappa shape index (κ1) is 16.6. The van der Waals surface area contributed by atoms with Gasteiger partial charge in [-0.05, 0) is 43.2 Å². The molecule has 0 aliphatic carbocycles. The number of Topliss-reactive ketones (excluding diaryl/α,β-unsaturated/α-hetero) is 1. The van der Waals surface area contributed by atoms with Crippen molar-refractivity contribution in [2.45, 2.75) is 18.8 Å². The van der Waals surface area contributed by atoms with Gasteiger partial charge in [-0.1, -0.05) is 29.4 Å². The quantitative estimate of drug-likeness (QED) is 0.669. The Morgan fingerprint density at radius 3 is 2.69 bits per heavy atom. The van der Waals surface area contributed by atoms with Crippen molar-refractivity contribution >= 4 is 5.78 Å². The van der Waals surface area contributed by atoms with Gasteiger partial charge >= 0.3 is 0 Å². The monoisotopic (exact) mass is 352 g/mol. The second-order valence-corrected chi connectivity index (χ2v) is 6.45. The van der Waals surface area contributed by atoms with E-state index in [1.807, 2.05) is 6.07 Å². The largest absolute Gasteiger partial charge is 0.380 e. The van der Waals surface area contributed by atoms with E-state index < -0.39 is 5.41 Å². The van der Waals surface area contributed by atoms with Crippen LogP contribution in [-0.2, 0) is 10.2 Å². The van der Waals surface area contributed by atoms with Gasteiger partial charge in [-0.3, -0.25) is 4.79 Å². The maximum absolute atomic E-state index is 13.3. The lowest BCUT2D eigenvalue weighted by molar-refractivity contribution is 0.101. The lowest BCUT2D eigenvalue weighted by Crippen LogP contribution is -2.29. The summed E-state index contributed by atoms with van der Waals surface area (Å²) in [6.45, 7) is 2.49. The Kier molecular flexibility index (Phi) is 4.12. The van der Waals surface area contributed by atoms with E-state index >= 15 is 0 Å². The Bertz CT molecular complexity index is 944. The Labute approximate surface area is 149 Å². The summed E-state index contributed by atoms with van der Waals surface area (Å²) >= 11 is 0. The summed E-state index contributed by atoms with van der Waals surface area (Å²) in [5, 5.41) is 4.18. The van der Waals surface area contributed by atoms with Gasteiger partial charge < -0.3 is 9.26 Å². The van der Waals surface area contributed by atoms with Crippen LogP contribution in [0, 0.1) is 5.82 Å². The van der Waals surface area contributed by atoms with Crippen LogP contribution < -0.4 is 0 Å². The number of rotatable bonds is 4. The van der Waals surface area contributed by atoms with Gasteiger partial charge in [0.15, 0.2) is 11.6 Å². The minimum absolute atomic E-state index is 0.0291. The second-order valence-electron chi connectivity index (χ2n) is 6.45. The fourth-order valence-corrected chi connectivity index (χ4v) is 3.27. The highest BCUT2D eigenvalue weighted by molar-refractivity contribution is 5.95. The highest BCUT2D eigenvalue weighted by atomic mass is 19.1. The third-order valence-electron chi connectivity index (χ3n) is 4.79. The molecule has 1 aliphatic rings. The Morgan fingerprint density at radius 1 is 1.19 bits per heavy atom. The van der Waals surface area contributed by atoms with Crippen LogP contribution >= 0.6 is 0 Å². The molecule has 2 aromatic carbocycles. The van der Waals surface area contributed by atoms with E-state index in [0.29, 0.717) is 42.5 Å². The molecule has 1 atom stereocenters. The van der Waals surface area contributed by atoms with Gasteiger partial charge in [0.1, 0.15) is 5.82 Å². The molecule has 2 heterocycles. The molecule has 1 saturated heterocycles. The molecule has 0 N–H and O–H groups in total. The van der Waals surface area contributed by atoms with Crippen LogP contribution in [-0.4, -0.2) is 29.1 Å². The highest BCUT2D eigenvalue weighted by Crippen LogP contribution is 2.39. The second kappa shape index (κ2) is 6.46. The van der Waals surface area contributed by atoms with Crippen molar-refractivity contribution < 1.29 is 18.4 Å². The molecule has 0 saturated carbocycles. The maximum atomic E-state index is 13.3. The van der Waals surface area contributed by atoms with Crippen molar-refractivity contribution in [2.24, 2.45) is 0 Å². The molecule has 1 aliphatic heterocycles. The van der Waals surface area contributed by atoms with Gasteiger partial charge in [-0.2, -0.15) is 4.98 Å². The molecule has 0 bridgehead atoms. The van der Waals surface area contributed by atoms with Gasteiger partial charge in [0.25, 0.3) is 5.89 Å². The predicted octanol–water partition coefficient (Wildman–Crippen LogP) is 3.78. The van der Waals surface area contributed by atoms with E-state index in [0.717, 1.165) is 5.56 Å². The van der Waals surface area contributed by atoms with Crippen LogP contribution in [0.2, 0.25) is 0 Å². The van der Waals surface area contributed by atoms with E-state index in [1.165, 1.54) is 19.1 Å². The molecular formula is C20H17FN2O3. The zero-order valence-electron chi connectivity index (χ0n) is 14.2. The first-order valence-corrected chi connectivity index (χ1v) is 8.38. The van der Waals surface area contributed by atoms with E-state index in [1.54, 1.807) is 30.3 Å². The molecule has 132 valence electrons. The van der Waals surface area contributed by atoms with Crippen molar-refractivity contribution in [1.82, 2.24) is 10.1 Å². The van der Waals surface area contributed by atoms with Crippen LogP contribution in [0.4, 0.5) is 4.39 Å². The fourth-order valence-electron chi connectivity index (χ4n) is 3.27. The number of halogens is 1. The summed E-state index contributed by atoms with van der Waals surface area (Å²) in [4.78, 5) is 16.2. The smallest absolute Gasteiger partial charge is 0.257 e. The number of carbonyl (C=O) groups excluding carboxylic acids is 1. The van der Waals surface area contributed by atoms with Gasteiger partial charge in [-0.25, -0.2) is 4.39 Å². The number of benzene rings is 2. The molecule has 0 amide bonds. The third kappa shape index (κ3) is 2.82. The molecule has 1 fully saturated rings. The van der Waals surface area contributed by atoms with Gasteiger partial charge in [0, 0.05) is 17.7 Å². The van der Waals surface area contributed by atoms with E-state index in [4.69, 9.17) is 9.26 Å². The summed E-state index contributed by atoms with van der Waals surface area (Å²) in [6.07, 6.45) is 0.686. The number of carbonyl (C=O) groups is 1. The van der Waals surface area contributed by atoms with Crippen LogP contribution in [0.5, 0.6) is 0 Å². The summed E-state index contributed by atoms with van der Waals surface area (Å²) in [5.41, 5.74) is 1.60. The number of aromatic nitrogens is 2. The molecular weight excluding hydrogens is 335 g/mol. The third-order valence-corrected chi connectivity index (χ3v) is 4.79. The molecule has 0 spiro atoms. The first-order valence-electron chi connectivity index (χ1n) is 8.38. The van der Waals surface area contributed by atoms with Crippen molar-refractivity contribution in [3.63, 3.8) is 0 Å². The highest BCUT2D eigenvalue weighted by Gasteiger charge is 2.43. The van der Waals surface area contributed by atoms with Crippen molar-refractivity contribution in [2.75, 3.05) is 13.2 Å². The lowest BCUT2D eigenvalue weighted by atomic mass is 9.79. The molecule has 0 unspecified atom stereocenters. The lowest BCUT2D eigenvalue weighted by Gasteiger charge is -2.23. The van der Waals surface area contributed by atoms with Gasteiger partial charge in [0.05, 0.1) is 12.0 Å². The minimum atomic E-state index is -0.562. The average Bonchev–Trinajstić information content (AvgIpc) is 3.33. The topological polar surface area (TPSA) is 65.2 Å². The Balaban J connectivity index is 1.75. The Morgan fingerprint density at radius 2 is 2.00 bits per heavy atom. The van der Waals surface area contributed by atoms with Crippen LogP contribution in [0.25, 0.3) is 11.5 Å². The standard InChI is InChI=1S/C20H17FN2O3/c1-13(24)14-3-2-4-15(11-14)18-22-19(23-26-18)20(9-10-25-12-20)16-5-7-17(21)8-6-16/h2-8,11H,9-10,12H2,1H3/t20-/m1/s1. The van der Waals surface area contributed by atoms with Gasteiger partial charge in [0.2, 0.25) is 0 Å². The van der Waals surface area contributed by atoms with Crippen molar-refractivity contribution in [3.8, 4) is 11.5 Å². The van der Waals surface area contributed by atoms with Crippen molar-refractivity contribution in [3.05, 3.63) is 71.3 Å². The maximum Gasteiger partial charge on any atom is 0.257 e. The van der Waals surface area contributed by atoms with Crippen molar-refractivity contribution in [1.29, 1.82) is 0 Å². The summed E-state index contributed by atoms with van der Waals surface area (Å²) in [6, 6.07) is 13.4. The van der Waals surface area contributed by atoms with E-state index in [2.05, 4.69) is 10.1 Å². The van der Waals surface area contributed by atoms with Crippen LogP contribution in [0.1, 0.15) is 35.1 Å². The number of ether oxygens (including phenoxy) is 1. The fraction of sp³-hybridized carbons (Fsp3) is 0.250. The zero-order valence-corrected chi connectivity index (χ0v) is 14.2. The predicted molar refractivity (Wildman–Crippen MR) is 92.4 cm³/mol. The van der Waals surface area contributed by atoms with E-state index in [9.17, 15) is 9.18 Å². The number of ketones is 1. The molecule has 4 rings (SSSR count). The molecule has 1 aromatic heterocycles. The normalized spacial score (nSPS) is 19.6. The molecule has 26 heavy (non-hydrogen) atoms. The number of hydrogen-bond acceptors (Lipinski definition) is 5. The summed E-state index contributed by atoms with van der Waals surface area (Å²) < 4.78 is 24.4. The van der Waals surface area contributed by atoms with Crippen LogP contribution in [0.15, 0.2) is 53.1 Å². The minimum Gasteiger partial charge on any atom is -0.380 e. The average molecular weight is 352 g/mol. The first-order chi connectivity index (χ1) is 12.6. The SMILES string of the molecule is CC(=O)c1cccc(-c2nc([C@]3(c4ccc(F)cc4)CCOC3)no2)c1. The summed E-state index contributed by atoms with van der Waals surface area (Å²) in [7, 11) is 0. The number of nitrogens with zero attached hydrogens (tertiary/aromatic N) is 2. The molecule has 0 radical (unpaired) electrons.